The van der Waals surface area contributed by atoms with Gasteiger partial charge in [0.15, 0.2) is 0 Å². The van der Waals surface area contributed by atoms with E-state index < -0.39 is 5.54 Å². The van der Waals surface area contributed by atoms with Crippen molar-refractivity contribution >= 4 is 11.8 Å². The van der Waals surface area contributed by atoms with Crippen molar-refractivity contribution in [3.63, 3.8) is 0 Å². The highest BCUT2D eigenvalue weighted by Crippen LogP contribution is 2.27. The summed E-state index contributed by atoms with van der Waals surface area (Å²) in [7, 11) is 1.69. The van der Waals surface area contributed by atoms with E-state index >= 15 is 0 Å². The second kappa shape index (κ2) is 3.83. The zero-order chi connectivity index (χ0) is 11.8. The number of carbonyl (C=O) groups excluding carboxylic acids is 2. The maximum atomic E-state index is 12.2. The van der Waals surface area contributed by atoms with E-state index in [1.165, 1.54) is 0 Å². The fourth-order valence-electron chi connectivity index (χ4n) is 2.08. The first kappa shape index (κ1) is 12.0. The Morgan fingerprint density at radius 1 is 1.47 bits per heavy atom. The molecule has 1 N–H and O–H groups in total. The van der Waals surface area contributed by atoms with Gasteiger partial charge in [-0.15, -0.1) is 0 Å². The van der Waals surface area contributed by atoms with Crippen molar-refractivity contribution in [1.29, 1.82) is 0 Å². The summed E-state index contributed by atoms with van der Waals surface area (Å²) in [6.45, 7) is 7.60. The number of likely N-dealkylation sites (N-methyl/N-ethyl adjacent to an activating group) is 1. The Balaban J connectivity index is 3.10. The summed E-state index contributed by atoms with van der Waals surface area (Å²) < 4.78 is 0. The highest BCUT2D eigenvalue weighted by atomic mass is 16.2. The zero-order valence-electron chi connectivity index (χ0n) is 10.1. The molecule has 0 bridgehead atoms. The third-order valence-electron chi connectivity index (χ3n) is 3.55. The molecule has 1 aliphatic rings. The summed E-state index contributed by atoms with van der Waals surface area (Å²) in [4.78, 5) is 25.5. The van der Waals surface area contributed by atoms with Crippen molar-refractivity contribution in [2.45, 2.75) is 45.7 Å². The maximum Gasteiger partial charge on any atom is 0.248 e. The molecule has 86 valence electrons. The predicted octanol–water partition coefficient (Wildman–Crippen LogP) is 0.768. The van der Waals surface area contributed by atoms with Crippen molar-refractivity contribution in [3.8, 4) is 0 Å². The lowest BCUT2D eigenvalue weighted by molar-refractivity contribution is -0.155. The number of piperazine rings is 1. The first-order valence-electron chi connectivity index (χ1n) is 5.46. The fraction of sp³-hybridized carbons (Fsp3) is 0.818. The van der Waals surface area contributed by atoms with Gasteiger partial charge in [-0.2, -0.15) is 0 Å². The van der Waals surface area contributed by atoms with Crippen molar-refractivity contribution in [3.05, 3.63) is 0 Å². The number of carbonyl (C=O) groups is 2. The van der Waals surface area contributed by atoms with Crippen LogP contribution in [0.3, 0.4) is 0 Å². The molecule has 0 aliphatic carbocycles. The normalized spacial score (nSPS) is 32.1. The molecule has 15 heavy (non-hydrogen) atoms. The molecule has 2 unspecified atom stereocenters. The van der Waals surface area contributed by atoms with Crippen LogP contribution in [0.15, 0.2) is 0 Å². The van der Waals surface area contributed by atoms with Gasteiger partial charge in [0, 0.05) is 7.05 Å². The molecule has 0 aromatic heterocycles. The second-order valence-corrected chi connectivity index (χ2v) is 4.56. The molecule has 0 saturated carbocycles. The quantitative estimate of drug-likeness (QED) is 0.735. The van der Waals surface area contributed by atoms with Crippen LogP contribution in [0.1, 0.15) is 34.1 Å². The Bertz CT molecular complexity index is 288. The van der Waals surface area contributed by atoms with Gasteiger partial charge in [0.2, 0.25) is 11.8 Å². The molecule has 0 aromatic rings. The van der Waals surface area contributed by atoms with Crippen molar-refractivity contribution in [1.82, 2.24) is 10.2 Å². The molecule has 1 fully saturated rings. The van der Waals surface area contributed by atoms with E-state index in [2.05, 4.69) is 5.32 Å². The van der Waals surface area contributed by atoms with Crippen molar-refractivity contribution in [2.24, 2.45) is 5.92 Å². The minimum Gasteiger partial charge on any atom is -0.340 e. The van der Waals surface area contributed by atoms with Gasteiger partial charge < -0.3 is 10.2 Å². The average Bonchev–Trinajstić information content (AvgIpc) is 2.20. The number of nitrogens with zero attached hydrogens (tertiary/aromatic N) is 1. The Labute approximate surface area is 91.0 Å². The fourth-order valence-corrected chi connectivity index (χ4v) is 2.08. The van der Waals surface area contributed by atoms with E-state index in [1.54, 1.807) is 18.9 Å². The highest BCUT2D eigenvalue weighted by Gasteiger charge is 2.48. The molecule has 1 saturated heterocycles. The summed E-state index contributed by atoms with van der Waals surface area (Å²) in [5.41, 5.74) is -0.710. The molecule has 2 amide bonds. The lowest BCUT2D eigenvalue weighted by Crippen LogP contribution is -2.70. The smallest absolute Gasteiger partial charge is 0.248 e. The van der Waals surface area contributed by atoms with Gasteiger partial charge in [-0.3, -0.25) is 9.59 Å². The van der Waals surface area contributed by atoms with Crippen molar-refractivity contribution in [2.75, 3.05) is 7.05 Å². The molecule has 1 aliphatic heterocycles. The van der Waals surface area contributed by atoms with E-state index in [0.717, 1.165) is 0 Å². The Kier molecular flexibility index (Phi) is 3.07. The standard InChI is InChI=1S/C11H20N2O2/c1-6-11(7(2)3)10(15)13(5)8(4)9(14)12-11/h7-8H,6H2,1-5H3,(H,12,14). The van der Waals surface area contributed by atoms with Gasteiger partial charge in [-0.05, 0) is 19.3 Å². The van der Waals surface area contributed by atoms with Gasteiger partial charge >= 0.3 is 0 Å². The minimum absolute atomic E-state index is 0.0205. The van der Waals surface area contributed by atoms with Crippen LogP contribution in [0.5, 0.6) is 0 Å². The van der Waals surface area contributed by atoms with E-state index in [9.17, 15) is 9.59 Å². The van der Waals surface area contributed by atoms with E-state index in [0.29, 0.717) is 6.42 Å². The number of amides is 2. The molecule has 1 heterocycles. The first-order valence-corrected chi connectivity index (χ1v) is 5.46. The molecule has 4 nitrogen and oxygen atoms in total. The molecule has 4 heteroatoms. The van der Waals surface area contributed by atoms with Crippen LogP contribution in [0.2, 0.25) is 0 Å². The lowest BCUT2D eigenvalue weighted by atomic mass is 9.80. The highest BCUT2D eigenvalue weighted by molar-refractivity contribution is 5.99. The molecule has 0 spiro atoms. The van der Waals surface area contributed by atoms with Gasteiger partial charge in [0.1, 0.15) is 11.6 Å². The Hall–Kier alpha value is -1.06. The maximum absolute atomic E-state index is 12.2. The van der Waals surface area contributed by atoms with Crippen LogP contribution in [-0.2, 0) is 9.59 Å². The summed E-state index contributed by atoms with van der Waals surface area (Å²) in [5, 5.41) is 2.88. The SMILES string of the molecule is CCC1(C(C)C)NC(=O)C(C)N(C)C1=O. The van der Waals surface area contributed by atoms with E-state index in [4.69, 9.17) is 0 Å². The van der Waals surface area contributed by atoms with Crippen LogP contribution in [0.25, 0.3) is 0 Å². The topological polar surface area (TPSA) is 49.4 Å². The average molecular weight is 212 g/mol. The third-order valence-corrected chi connectivity index (χ3v) is 3.55. The second-order valence-electron chi connectivity index (χ2n) is 4.56. The van der Waals surface area contributed by atoms with Gasteiger partial charge in [-0.25, -0.2) is 0 Å². The monoisotopic (exact) mass is 212 g/mol. The summed E-state index contributed by atoms with van der Waals surface area (Å²) in [6, 6.07) is -0.365. The first-order chi connectivity index (χ1) is 6.86. The number of hydrogen-bond acceptors (Lipinski definition) is 2. The van der Waals surface area contributed by atoms with Crippen LogP contribution < -0.4 is 5.32 Å². The summed E-state index contributed by atoms with van der Waals surface area (Å²) in [5.74, 6) is 0.0636. The van der Waals surface area contributed by atoms with Gasteiger partial charge in [-0.1, -0.05) is 20.8 Å². The van der Waals surface area contributed by atoms with Gasteiger partial charge in [0.25, 0.3) is 0 Å². The van der Waals surface area contributed by atoms with Crippen LogP contribution in [-0.4, -0.2) is 35.3 Å². The molecule has 0 radical (unpaired) electrons. The lowest BCUT2D eigenvalue weighted by Gasteiger charge is -2.45. The molecular weight excluding hydrogens is 192 g/mol. The molecule has 0 aromatic carbocycles. The summed E-state index contributed by atoms with van der Waals surface area (Å²) in [6.07, 6.45) is 0.631. The number of rotatable bonds is 2. The summed E-state index contributed by atoms with van der Waals surface area (Å²) >= 11 is 0. The Morgan fingerprint density at radius 3 is 2.40 bits per heavy atom. The van der Waals surface area contributed by atoms with Crippen molar-refractivity contribution < 1.29 is 9.59 Å². The largest absolute Gasteiger partial charge is 0.340 e. The van der Waals surface area contributed by atoms with Gasteiger partial charge in [0.05, 0.1) is 0 Å². The number of hydrogen-bond donors (Lipinski definition) is 1. The zero-order valence-corrected chi connectivity index (χ0v) is 10.1. The van der Waals surface area contributed by atoms with E-state index in [-0.39, 0.29) is 23.8 Å². The predicted molar refractivity (Wildman–Crippen MR) is 58.2 cm³/mol. The minimum atomic E-state index is -0.710. The molecular formula is C11H20N2O2. The van der Waals surface area contributed by atoms with Crippen LogP contribution in [0, 0.1) is 5.92 Å². The molecule has 1 rings (SSSR count). The molecule has 2 atom stereocenters. The van der Waals surface area contributed by atoms with Crippen LogP contribution >= 0.6 is 0 Å². The Morgan fingerprint density at radius 2 is 2.00 bits per heavy atom. The van der Waals surface area contributed by atoms with Crippen LogP contribution in [0.4, 0.5) is 0 Å². The third kappa shape index (κ3) is 1.62. The van der Waals surface area contributed by atoms with E-state index in [1.807, 2.05) is 20.8 Å². The number of nitrogens with one attached hydrogen (secondary N) is 1.